The van der Waals surface area contributed by atoms with E-state index < -0.39 is 0 Å². The lowest BCUT2D eigenvalue weighted by Crippen LogP contribution is -2.11. The fourth-order valence-electron chi connectivity index (χ4n) is 1.80. The molecule has 3 N–H and O–H groups in total. The Morgan fingerprint density at radius 1 is 1.00 bits per heavy atom. The second-order valence-electron chi connectivity index (χ2n) is 4.07. The van der Waals surface area contributed by atoms with Gasteiger partial charge in [-0.2, -0.15) is 4.98 Å². The predicted octanol–water partition coefficient (Wildman–Crippen LogP) is 3.31. The van der Waals surface area contributed by atoms with Gasteiger partial charge in [0.05, 0.1) is 10.9 Å². The van der Waals surface area contributed by atoms with E-state index in [1.165, 1.54) is 0 Å². The van der Waals surface area contributed by atoms with Crippen LogP contribution < -0.4 is 16.0 Å². The van der Waals surface area contributed by atoms with Gasteiger partial charge < -0.3 is 4.74 Å². The normalized spacial score (nSPS) is 10.5. The van der Waals surface area contributed by atoms with Crippen molar-refractivity contribution < 1.29 is 4.74 Å². The molecule has 0 fully saturated rings. The number of benzene rings is 2. The van der Waals surface area contributed by atoms with E-state index in [1.54, 1.807) is 0 Å². The molecular formula is C14H11IN4O. The smallest absolute Gasteiger partial charge is 0.241 e. The van der Waals surface area contributed by atoms with Gasteiger partial charge in [-0.15, -0.1) is 0 Å². The van der Waals surface area contributed by atoms with Crippen molar-refractivity contribution in [1.29, 1.82) is 0 Å². The lowest BCUT2D eigenvalue weighted by atomic mass is 10.2. The van der Waals surface area contributed by atoms with Crippen LogP contribution >= 0.6 is 22.6 Å². The molecule has 0 aliphatic heterocycles. The van der Waals surface area contributed by atoms with Gasteiger partial charge in [0.25, 0.3) is 0 Å². The molecule has 5 nitrogen and oxygen atoms in total. The fraction of sp³-hybridized carbons (Fsp3) is 0. The summed E-state index contributed by atoms with van der Waals surface area (Å²) in [6, 6.07) is 15.4. The van der Waals surface area contributed by atoms with E-state index in [4.69, 9.17) is 10.6 Å². The summed E-state index contributed by atoms with van der Waals surface area (Å²) in [7, 11) is 0. The van der Waals surface area contributed by atoms with Gasteiger partial charge >= 0.3 is 0 Å². The summed E-state index contributed by atoms with van der Waals surface area (Å²) < 4.78 is 6.98. The van der Waals surface area contributed by atoms with Gasteiger partial charge in [-0.3, -0.25) is 5.43 Å². The number of hydrogen-bond acceptors (Lipinski definition) is 5. The minimum Gasteiger partial charge on any atom is -0.438 e. The van der Waals surface area contributed by atoms with Crippen LogP contribution in [-0.4, -0.2) is 9.97 Å². The lowest BCUT2D eigenvalue weighted by molar-refractivity contribution is 0.469. The number of rotatable bonds is 3. The summed E-state index contributed by atoms with van der Waals surface area (Å²) in [5.41, 5.74) is 3.23. The number of hydrogen-bond donors (Lipinski definition) is 2. The molecule has 0 atom stereocenters. The molecule has 0 spiro atoms. The molecule has 0 radical (unpaired) electrons. The summed E-state index contributed by atoms with van der Waals surface area (Å²) in [5.74, 6) is 6.91. The summed E-state index contributed by atoms with van der Waals surface area (Å²) >= 11 is 2.25. The molecule has 0 bridgehead atoms. The van der Waals surface area contributed by atoms with Crippen molar-refractivity contribution >= 4 is 39.4 Å². The van der Waals surface area contributed by atoms with E-state index in [2.05, 4.69) is 38.0 Å². The van der Waals surface area contributed by atoms with Crippen molar-refractivity contribution in [2.45, 2.75) is 0 Å². The Morgan fingerprint density at radius 3 is 2.50 bits per heavy atom. The first kappa shape index (κ1) is 13.1. The number of nitrogen functional groups attached to an aromatic ring is 1. The highest BCUT2D eigenvalue weighted by molar-refractivity contribution is 14.1. The molecule has 3 aromatic rings. The topological polar surface area (TPSA) is 73.1 Å². The molecule has 100 valence electrons. The molecular weight excluding hydrogens is 367 g/mol. The van der Waals surface area contributed by atoms with Crippen LogP contribution in [0.25, 0.3) is 10.9 Å². The largest absolute Gasteiger partial charge is 0.438 e. The van der Waals surface area contributed by atoms with Gasteiger partial charge in [0.1, 0.15) is 5.75 Å². The summed E-state index contributed by atoms with van der Waals surface area (Å²) in [5, 5.41) is 0.838. The number of anilines is 1. The van der Waals surface area contributed by atoms with Crippen LogP contribution in [0.3, 0.4) is 0 Å². The SMILES string of the molecule is NNc1nc(Oc2ccc(I)cc2)c2ccccc2n1. The molecule has 1 aromatic heterocycles. The maximum atomic E-state index is 5.84. The maximum absolute atomic E-state index is 5.84. The highest BCUT2D eigenvalue weighted by atomic mass is 127. The molecule has 2 aromatic carbocycles. The van der Waals surface area contributed by atoms with Gasteiger partial charge in [-0.25, -0.2) is 10.8 Å². The number of aromatic nitrogens is 2. The molecule has 6 heteroatoms. The van der Waals surface area contributed by atoms with Gasteiger partial charge in [0, 0.05) is 3.57 Å². The zero-order chi connectivity index (χ0) is 13.9. The molecule has 20 heavy (non-hydrogen) atoms. The van der Waals surface area contributed by atoms with E-state index in [1.807, 2.05) is 48.5 Å². The second kappa shape index (κ2) is 5.59. The molecule has 0 aliphatic carbocycles. The Labute approximate surface area is 129 Å². The summed E-state index contributed by atoms with van der Waals surface area (Å²) in [4.78, 5) is 8.55. The Hall–Kier alpha value is -1.93. The van der Waals surface area contributed by atoms with Crippen molar-refractivity contribution in [3.63, 3.8) is 0 Å². The molecule has 3 rings (SSSR count). The molecule has 0 saturated heterocycles. The number of para-hydroxylation sites is 1. The summed E-state index contributed by atoms with van der Waals surface area (Å²) in [6.07, 6.45) is 0. The van der Waals surface area contributed by atoms with Crippen LogP contribution in [0, 0.1) is 3.57 Å². The standard InChI is InChI=1S/C14H11IN4O/c15-9-5-7-10(8-6-9)20-13-11-3-1-2-4-12(11)17-14(18-13)19-16/h1-8H,16H2,(H,17,18,19). The fourth-order valence-corrected chi connectivity index (χ4v) is 2.16. The molecule has 1 heterocycles. The number of nitrogens with two attached hydrogens (primary N) is 1. The van der Waals surface area contributed by atoms with Gasteiger partial charge in [0.2, 0.25) is 11.8 Å². The zero-order valence-electron chi connectivity index (χ0n) is 10.4. The van der Waals surface area contributed by atoms with Gasteiger partial charge in [0.15, 0.2) is 0 Å². The third-order valence-electron chi connectivity index (χ3n) is 2.73. The Balaban J connectivity index is 2.07. The number of nitrogens with zero attached hydrogens (tertiary/aromatic N) is 2. The van der Waals surface area contributed by atoms with Gasteiger partial charge in [-0.05, 0) is 59.0 Å². The van der Waals surface area contributed by atoms with Crippen LogP contribution in [0.2, 0.25) is 0 Å². The third kappa shape index (κ3) is 2.66. The Bertz CT molecular complexity index is 746. The number of fused-ring (bicyclic) bond motifs is 1. The Morgan fingerprint density at radius 2 is 1.75 bits per heavy atom. The van der Waals surface area contributed by atoms with E-state index in [-0.39, 0.29) is 0 Å². The van der Waals surface area contributed by atoms with Crippen molar-refractivity contribution in [3.8, 4) is 11.6 Å². The second-order valence-corrected chi connectivity index (χ2v) is 5.32. The minimum absolute atomic E-state index is 0.323. The van der Waals surface area contributed by atoms with Crippen LogP contribution in [0.1, 0.15) is 0 Å². The van der Waals surface area contributed by atoms with Crippen LogP contribution in [0.15, 0.2) is 48.5 Å². The lowest BCUT2D eigenvalue weighted by Gasteiger charge is -2.09. The summed E-state index contributed by atoms with van der Waals surface area (Å²) in [6.45, 7) is 0. The number of hydrazine groups is 1. The predicted molar refractivity (Wildman–Crippen MR) is 86.6 cm³/mol. The first-order chi connectivity index (χ1) is 9.76. The van der Waals surface area contributed by atoms with Crippen LogP contribution in [-0.2, 0) is 0 Å². The first-order valence-corrected chi connectivity index (χ1v) is 7.01. The molecule has 0 aliphatic rings. The van der Waals surface area contributed by atoms with Gasteiger partial charge in [-0.1, -0.05) is 12.1 Å². The van der Waals surface area contributed by atoms with E-state index in [0.717, 1.165) is 20.2 Å². The third-order valence-corrected chi connectivity index (χ3v) is 3.44. The average molecular weight is 378 g/mol. The van der Waals surface area contributed by atoms with Crippen molar-refractivity contribution in [2.24, 2.45) is 5.84 Å². The monoisotopic (exact) mass is 378 g/mol. The highest BCUT2D eigenvalue weighted by Gasteiger charge is 2.09. The van der Waals surface area contributed by atoms with E-state index >= 15 is 0 Å². The number of halogens is 1. The minimum atomic E-state index is 0.323. The highest BCUT2D eigenvalue weighted by Crippen LogP contribution is 2.28. The quantitative estimate of drug-likeness (QED) is 0.416. The Kier molecular flexibility index (Phi) is 3.66. The first-order valence-electron chi connectivity index (χ1n) is 5.93. The maximum Gasteiger partial charge on any atom is 0.241 e. The molecule has 0 amide bonds. The van der Waals surface area contributed by atoms with Crippen molar-refractivity contribution in [1.82, 2.24) is 9.97 Å². The molecule has 0 saturated carbocycles. The van der Waals surface area contributed by atoms with E-state index in [9.17, 15) is 0 Å². The van der Waals surface area contributed by atoms with Crippen molar-refractivity contribution in [3.05, 3.63) is 52.1 Å². The zero-order valence-corrected chi connectivity index (χ0v) is 12.5. The molecule has 0 unspecified atom stereocenters. The van der Waals surface area contributed by atoms with Crippen LogP contribution in [0.5, 0.6) is 11.6 Å². The number of ether oxygens (including phenoxy) is 1. The van der Waals surface area contributed by atoms with Crippen LogP contribution in [0.4, 0.5) is 5.95 Å². The van der Waals surface area contributed by atoms with Crippen molar-refractivity contribution in [2.75, 3.05) is 5.43 Å². The average Bonchev–Trinajstić information content (AvgIpc) is 2.49. The van der Waals surface area contributed by atoms with E-state index in [0.29, 0.717) is 11.8 Å². The number of nitrogens with one attached hydrogen (secondary N) is 1.